The third kappa shape index (κ3) is 5.45. The lowest BCUT2D eigenvalue weighted by Gasteiger charge is -2.16. The first-order chi connectivity index (χ1) is 12.2. The Morgan fingerprint density at radius 1 is 1.19 bits per heavy atom. The molecule has 4 nitrogen and oxygen atoms in total. The van der Waals surface area contributed by atoms with E-state index in [9.17, 15) is 18.0 Å². The summed E-state index contributed by atoms with van der Waals surface area (Å²) in [5.41, 5.74) is -0.299. The van der Waals surface area contributed by atoms with Crippen molar-refractivity contribution in [1.82, 2.24) is 15.3 Å². The Balaban J connectivity index is 2.31. The van der Waals surface area contributed by atoms with Crippen LogP contribution in [0.25, 0.3) is 11.3 Å². The molecule has 1 heterocycles. The highest BCUT2D eigenvalue weighted by Crippen LogP contribution is 2.32. The summed E-state index contributed by atoms with van der Waals surface area (Å²) < 4.78 is 39.6. The van der Waals surface area contributed by atoms with E-state index in [4.69, 9.17) is 0 Å². The fourth-order valence-electron chi connectivity index (χ4n) is 2.05. The van der Waals surface area contributed by atoms with Crippen molar-refractivity contribution >= 4 is 17.7 Å². The molecule has 0 spiro atoms. The van der Waals surface area contributed by atoms with Crippen molar-refractivity contribution in [2.24, 2.45) is 0 Å². The SMILES string of the molecule is CC[C@H](C)NC(=O)[C@H](C)Sc1nc(-c2ccccc2)cc(C(F)(F)F)n1. The molecule has 2 rings (SSSR count). The molecule has 0 bridgehead atoms. The van der Waals surface area contributed by atoms with Crippen LogP contribution in [0.5, 0.6) is 0 Å². The Morgan fingerprint density at radius 3 is 2.42 bits per heavy atom. The second kappa shape index (κ2) is 8.53. The molecule has 0 aliphatic carbocycles. The van der Waals surface area contributed by atoms with Gasteiger partial charge in [-0.1, -0.05) is 49.0 Å². The van der Waals surface area contributed by atoms with E-state index >= 15 is 0 Å². The Kier molecular flexibility index (Phi) is 6.63. The Morgan fingerprint density at radius 2 is 1.85 bits per heavy atom. The average molecular weight is 383 g/mol. The second-order valence-electron chi connectivity index (χ2n) is 5.86. The zero-order chi connectivity index (χ0) is 19.3. The molecule has 2 aromatic rings. The summed E-state index contributed by atoms with van der Waals surface area (Å²) in [7, 11) is 0. The molecule has 0 aliphatic rings. The lowest BCUT2D eigenvalue weighted by atomic mass is 10.1. The highest BCUT2D eigenvalue weighted by molar-refractivity contribution is 8.00. The number of aromatic nitrogens is 2. The van der Waals surface area contributed by atoms with Gasteiger partial charge in [0, 0.05) is 11.6 Å². The summed E-state index contributed by atoms with van der Waals surface area (Å²) in [6, 6.07) is 9.48. The minimum Gasteiger partial charge on any atom is -0.353 e. The molecule has 140 valence electrons. The van der Waals surface area contributed by atoms with Crippen molar-refractivity contribution in [3.8, 4) is 11.3 Å². The Bertz CT molecular complexity index is 753. The minimum absolute atomic E-state index is 0.00661. The number of carbonyl (C=O) groups excluding carboxylic acids is 1. The molecule has 0 unspecified atom stereocenters. The number of amides is 1. The number of thioether (sulfide) groups is 1. The van der Waals surface area contributed by atoms with Gasteiger partial charge in [0.25, 0.3) is 0 Å². The van der Waals surface area contributed by atoms with Crippen LogP contribution < -0.4 is 5.32 Å². The first-order valence-electron chi connectivity index (χ1n) is 8.19. The van der Waals surface area contributed by atoms with Crippen molar-refractivity contribution in [3.63, 3.8) is 0 Å². The second-order valence-corrected chi connectivity index (χ2v) is 7.17. The quantitative estimate of drug-likeness (QED) is 0.587. The first kappa shape index (κ1) is 20.2. The van der Waals surface area contributed by atoms with Crippen molar-refractivity contribution < 1.29 is 18.0 Å². The fourth-order valence-corrected chi connectivity index (χ4v) is 2.85. The van der Waals surface area contributed by atoms with Crippen LogP contribution in [-0.4, -0.2) is 27.2 Å². The van der Waals surface area contributed by atoms with Gasteiger partial charge in [0.05, 0.1) is 10.9 Å². The van der Waals surface area contributed by atoms with Crippen molar-refractivity contribution in [1.29, 1.82) is 0 Å². The highest BCUT2D eigenvalue weighted by Gasteiger charge is 2.34. The van der Waals surface area contributed by atoms with Gasteiger partial charge in [0.1, 0.15) is 5.69 Å². The fraction of sp³-hybridized carbons (Fsp3) is 0.389. The monoisotopic (exact) mass is 383 g/mol. The first-order valence-corrected chi connectivity index (χ1v) is 9.07. The summed E-state index contributed by atoms with van der Waals surface area (Å²) in [6.07, 6.45) is -3.83. The van der Waals surface area contributed by atoms with Crippen LogP contribution in [0.15, 0.2) is 41.6 Å². The van der Waals surface area contributed by atoms with E-state index in [0.717, 1.165) is 24.2 Å². The number of hydrogen-bond donors (Lipinski definition) is 1. The van der Waals surface area contributed by atoms with E-state index < -0.39 is 17.1 Å². The Labute approximate surface area is 154 Å². The van der Waals surface area contributed by atoms with E-state index in [-0.39, 0.29) is 22.8 Å². The van der Waals surface area contributed by atoms with Crippen LogP contribution in [0.1, 0.15) is 32.9 Å². The zero-order valence-corrected chi connectivity index (χ0v) is 15.5. The maximum absolute atomic E-state index is 13.2. The summed E-state index contributed by atoms with van der Waals surface area (Å²) >= 11 is 0.909. The van der Waals surface area contributed by atoms with Gasteiger partial charge in [-0.2, -0.15) is 13.2 Å². The minimum atomic E-state index is -4.59. The smallest absolute Gasteiger partial charge is 0.353 e. The standard InChI is InChI=1S/C18H20F3N3OS/c1-4-11(2)22-16(25)12(3)26-17-23-14(13-8-6-5-7-9-13)10-15(24-17)18(19,20)21/h5-12H,4H2,1-3H3,(H,22,25)/t11-,12-/m0/s1. The summed E-state index contributed by atoms with van der Waals surface area (Å²) in [6.45, 7) is 5.42. The van der Waals surface area contributed by atoms with Crippen LogP contribution in [-0.2, 0) is 11.0 Å². The number of rotatable bonds is 6. The normalized spacial score (nSPS) is 13.9. The lowest BCUT2D eigenvalue weighted by molar-refractivity contribution is -0.141. The van der Waals surface area contributed by atoms with E-state index in [1.807, 2.05) is 13.8 Å². The van der Waals surface area contributed by atoms with Crippen LogP contribution in [0.2, 0.25) is 0 Å². The van der Waals surface area contributed by atoms with Crippen LogP contribution in [0, 0.1) is 0 Å². The number of nitrogens with zero attached hydrogens (tertiary/aromatic N) is 2. The van der Waals surface area contributed by atoms with Gasteiger partial charge < -0.3 is 5.32 Å². The van der Waals surface area contributed by atoms with E-state index in [1.54, 1.807) is 37.3 Å². The molecule has 0 saturated heterocycles. The number of benzene rings is 1. The topological polar surface area (TPSA) is 54.9 Å². The highest BCUT2D eigenvalue weighted by atomic mass is 32.2. The molecule has 1 N–H and O–H groups in total. The van der Waals surface area contributed by atoms with Gasteiger partial charge in [-0.3, -0.25) is 4.79 Å². The van der Waals surface area contributed by atoms with Gasteiger partial charge in [-0.25, -0.2) is 9.97 Å². The predicted molar refractivity (Wildman–Crippen MR) is 95.7 cm³/mol. The molecule has 26 heavy (non-hydrogen) atoms. The maximum Gasteiger partial charge on any atom is 0.433 e. The zero-order valence-electron chi connectivity index (χ0n) is 14.7. The lowest BCUT2D eigenvalue weighted by Crippen LogP contribution is -2.37. The molecule has 8 heteroatoms. The predicted octanol–water partition coefficient (Wildman–Crippen LogP) is 4.56. The molecule has 1 aromatic heterocycles. The molecule has 2 atom stereocenters. The van der Waals surface area contributed by atoms with Gasteiger partial charge in [0.2, 0.25) is 5.91 Å². The Hall–Kier alpha value is -2.09. The van der Waals surface area contributed by atoms with E-state index in [0.29, 0.717) is 5.56 Å². The third-order valence-corrected chi connectivity index (χ3v) is 4.68. The summed E-state index contributed by atoms with van der Waals surface area (Å²) in [4.78, 5) is 20.0. The molecule has 0 saturated carbocycles. The number of hydrogen-bond acceptors (Lipinski definition) is 4. The molecule has 1 amide bonds. The van der Waals surface area contributed by atoms with Gasteiger partial charge >= 0.3 is 6.18 Å². The van der Waals surface area contributed by atoms with Crippen LogP contribution in [0.3, 0.4) is 0 Å². The molecule has 0 radical (unpaired) electrons. The summed E-state index contributed by atoms with van der Waals surface area (Å²) in [5, 5.41) is 2.11. The van der Waals surface area contributed by atoms with Crippen molar-refractivity contribution in [2.45, 2.75) is 49.8 Å². The van der Waals surface area contributed by atoms with Crippen molar-refractivity contribution in [2.75, 3.05) is 0 Å². The largest absolute Gasteiger partial charge is 0.433 e. The third-order valence-electron chi connectivity index (χ3n) is 3.72. The van der Waals surface area contributed by atoms with E-state index in [1.165, 1.54) is 0 Å². The van der Waals surface area contributed by atoms with Crippen LogP contribution in [0.4, 0.5) is 13.2 Å². The average Bonchev–Trinajstić information content (AvgIpc) is 2.61. The molecule has 0 fully saturated rings. The van der Waals surface area contributed by atoms with Gasteiger partial charge in [0.15, 0.2) is 5.16 Å². The number of alkyl halides is 3. The van der Waals surface area contributed by atoms with Crippen LogP contribution >= 0.6 is 11.8 Å². The van der Waals surface area contributed by atoms with Gasteiger partial charge in [-0.15, -0.1) is 0 Å². The molecule has 1 aromatic carbocycles. The number of nitrogens with one attached hydrogen (secondary N) is 1. The summed E-state index contributed by atoms with van der Waals surface area (Å²) in [5.74, 6) is -0.258. The number of halogens is 3. The number of carbonyl (C=O) groups is 1. The van der Waals surface area contributed by atoms with Gasteiger partial charge in [-0.05, 0) is 26.3 Å². The molecular formula is C18H20F3N3OS. The molecular weight excluding hydrogens is 363 g/mol. The van der Waals surface area contributed by atoms with Crippen molar-refractivity contribution in [3.05, 3.63) is 42.1 Å². The maximum atomic E-state index is 13.2. The van der Waals surface area contributed by atoms with E-state index in [2.05, 4.69) is 15.3 Å². The molecule has 0 aliphatic heterocycles.